The molecule has 1 saturated heterocycles. The largest absolute Gasteiger partial charge is 0.387 e. The molecule has 8 heteroatoms. The van der Waals surface area contributed by atoms with Crippen LogP contribution >= 0.6 is 0 Å². The fourth-order valence-corrected chi connectivity index (χ4v) is 1.89. The number of aromatic nitrogens is 2. The number of rotatable bonds is 3. The van der Waals surface area contributed by atoms with Gasteiger partial charge < -0.3 is 19.7 Å². The van der Waals surface area contributed by atoms with Crippen LogP contribution in [0, 0.1) is 0 Å². The van der Waals surface area contributed by atoms with E-state index in [0.717, 1.165) is 10.6 Å². The molecule has 1 aliphatic rings. The molecular formula is C10H14N2O6. The summed E-state index contributed by atoms with van der Waals surface area (Å²) in [6.45, 7) is 0.0901. The fourth-order valence-electron chi connectivity index (χ4n) is 1.89. The van der Waals surface area contributed by atoms with Crippen LogP contribution in [0.4, 0.5) is 0 Å². The van der Waals surface area contributed by atoms with Gasteiger partial charge in [-0.3, -0.25) is 14.3 Å². The minimum atomic E-state index is -1.27. The molecule has 0 radical (unpaired) electrons. The Labute approximate surface area is 101 Å². The first kappa shape index (κ1) is 13.0. The summed E-state index contributed by atoms with van der Waals surface area (Å²) < 4.78 is 11.2. The molecule has 0 saturated carbocycles. The maximum Gasteiger partial charge on any atom is 0.330 e. The number of ether oxygens (including phenoxy) is 2. The van der Waals surface area contributed by atoms with Crippen LogP contribution in [-0.4, -0.2) is 51.8 Å². The van der Waals surface area contributed by atoms with Gasteiger partial charge in [-0.2, -0.15) is 0 Å². The highest BCUT2D eigenvalue weighted by Gasteiger charge is 2.43. The predicted octanol–water partition coefficient (Wildman–Crippen LogP) is -2.20. The zero-order valence-corrected chi connectivity index (χ0v) is 9.65. The molecule has 4 atom stereocenters. The van der Waals surface area contributed by atoms with Crippen LogP contribution in [0.1, 0.15) is 6.23 Å². The Hall–Kier alpha value is -1.48. The van der Waals surface area contributed by atoms with Crippen molar-refractivity contribution in [2.45, 2.75) is 24.5 Å². The van der Waals surface area contributed by atoms with Crippen molar-refractivity contribution in [3.63, 3.8) is 0 Å². The second kappa shape index (κ2) is 5.02. The quantitative estimate of drug-likeness (QED) is 0.567. The molecule has 1 unspecified atom stereocenters. The lowest BCUT2D eigenvalue weighted by Crippen LogP contribution is -2.37. The molecule has 1 aliphatic heterocycles. The molecule has 0 bridgehead atoms. The summed E-state index contributed by atoms with van der Waals surface area (Å²) in [7, 11) is 1.43. The van der Waals surface area contributed by atoms with E-state index in [0.29, 0.717) is 0 Å². The van der Waals surface area contributed by atoms with E-state index in [-0.39, 0.29) is 6.61 Å². The Kier molecular flexibility index (Phi) is 3.62. The van der Waals surface area contributed by atoms with E-state index in [4.69, 9.17) is 9.47 Å². The second-order valence-corrected chi connectivity index (χ2v) is 4.02. The number of nitrogens with zero attached hydrogens (tertiary/aromatic N) is 1. The molecule has 0 aliphatic carbocycles. The number of H-pyrrole nitrogens is 1. The molecule has 1 aromatic rings. The Morgan fingerprint density at radius 2 is 2.17 bits per heavy atom. The standard InChI is InChI=1S/C10H14N2O6/c1-17-4-5-7(14)8(15)9(18-5)12-3-2-6(13)11-10(12)16/h2-3,5,7-9,14-15H,4H2,1H3,(H,11,13,16)/t5-,7?,8+,9-/m1/s1. The second-order valence-electron chi connectivity index (χ2n) is 4.02. The number of methoxy groups -OCH3 is 1. The van der Waals surface area contributed by atoms with Gasteiger partial charge in [0.05, 0.1) is 6.61 Å². The molecule has 0 amide bonds. The third-order valence-electron chi connectivity index (χ3n) is 2.79. The van der Waals surface area contributed by atoms with Crippen LogP contribution in [-0.2, 0) is 9.47 Å². The van der Waals surface area contributed by atoms with Crippen molar-refractivity contribution in [1.82, 2.24) is 9.55 Å². The van der Waals surface area contributed by atoms with Gasteiger partial charge in [0, 0.05) is 19.4 Å². The molecule has 100 valence electrons. The highest BCUT2D eigenvalue weighted by molar-refractivity contribution is 4.93. The zero-order valence-electron chi connectivity index (χ0n) is 9.65. The van der Waals surface area contributed by atoms with Gasteiger partial charge in [0.15, 0.2) is 6.23 Å². The molecule has 18 heavy (non-hydrogen) atoms. The molecule has 8 nitrogen and oxygen atoms in total. The van der Waals surface area contributed by atoms with Crippen molar-refractivity contribution in [3.05, 3.63) is 33.1 Å². The summed E-state index contributed by atoms with van der Waals surface area (Å²) in [5, 5.41) is 19.5. The van der Waals surface area contributed by atoms with Crippen LogP contribution in [0.2, 0.25) is 0 Å². The van der Waals surface area contributed by atoms with Gasteiger partial charge in [-0.05, 0) is 0 Å². The Morgan fingerprint density at radius 3 is 2.78 bits per heavy atom. The first-order valence-corrected chi connectivity index (χ1v) is 5.36. The van der Waals surface area contributed by atoms with Gasteiger partial charge in [-0.25, -0.2) is 4.79 Å². The average molecular weight is 258 g/mol. The van der Waals surface area contributed by atoms with Gasteiger partial charge in [0.25, 0.3) is 5.56 Å². The molecular weight excluding hydrogens is 244 g/mol. The Balaban J connectivity index is 2.29. The van der Waals surface area contributed by atoms with E-state index >= 15 is 0 Å². The lowest BCUT2D eigenvalue weighted by molar-refractivity contribution is -0.0614. The molecule has 1 fully saturated rings. The van der Waals surface area contributed by atoms with Gasteiger partial charge in [-0.15, -0.1) is 0 Å². The third-order valence-corrected chi connectivity index (χ3v) is 2.79. The van der Waals surface area contributed by atoms with Crippen LogP contribution < -0.4 is 11.2 Å². The van der Waals surface area contributed by atoms with Crippen LogP contribution in [0.25, 0.3) is 0 Å². The molecule has 3 N–H and O–H groups in total. The first-order valence-electron chi connectivity index (χ1n) is 5.36. The lowest BCUT2D eigenvalue weighted by atomic mass is 10.1. The van der Waals surface area contributed by atoms with E-state index < -0.39 is 35.8 Å². The van der Waals surface area contributed by atoms with E-state index in [1.54, 1.807) is 0 Å². The molecule has 1 aromatic heterocycles. The number of hydrogen-bond acceptors (Lipinski definition) is 6. The molecule has 2 heterocycles. The predicted molar refractivity (Wildman–Crippen MR) is 59.1 cm³/mol. The number of aliphatic hydroxyl groups is 2. The minimum Gasteiger partial charge on any atom is -0.387 e. The van der Waals surface area contributed by atoms with Gasteiger partial charge in [0.1, 0.15) is 18.3 Å². The van der Waals surface area contributed by atoms with Crippen LogP contribution in [0.3, 0.4) is 0 Å². The summed E-state index contributed by atoms with van der Waals surface area (Å²) in [5.41, 5.74) is -1.26. The maximum absolute atomic E-state index is 11.5. The van der Waals surface area contributed by atoms with Crippen molar-refractivity contribution < 1.29 is 19.7 Å². The Bertz CT molecular complexity index is 524. The van der Waals surface area contributed by atoms with Crippen molar-refractivity contribution >= 4 is 0 Å². The fraction of sp³-hybridized carbons (Fsp3) is 0.600. The van der Waals surface area contributed by atoms with Gasteiger partial charge >= 0.3 is 5.69 Å². The van der Waals surface area contributed by atoms with E-state index in [1.807, 2.05) is 4.98 Å². The van der Waals surface area contributed by atoms with Gasteiger partial charge in [-0.1, -0.05) is 0 Å². The molecule has 0 spiro atoms. The number of hydrogen-bond donors (Lipinski definition) is 3. The maximum atomic E-state index is 11.5. The topological polar surface area (TPSA) is 114 Å². The van der Waals surface area contributed by atoms with Crippen molar-refractivity contribution in [2.24, 2.45) is 0 Å². The van der Waals surface area contributed by atoms with Crippen LogP contribution in [0.15, 0.2) is 21.9 Å². The summed E-state index contributed by atoms with van der Waals surface area (Å²) in [4.78, 5) is 24.5. The SMILES string of the molecule is COC[C@H]1O[C@@H](n2ccc(=O)[nH]c2=O)[C@@H](O)C1O. The van der Waals surface area contributed by atoms with Crippen molar-refractivity contribution in [3.8, 4) is 0 Å². The zero-order chi connectivity index (χ0) is 13.3. The lowest BCUT2D eigenvalue weighted by Gasteiger charge is -2.16. The normalized spacial score (nSPS) is 31.7. The third kappa shape index (κ3) is 2.23. The van der Waals surface area contributed by atoms with Gasteiger partial charge in [0.2, 0.25) is 0 Å². The van der Waals surface area contributed by atoms with Crippen LogP contribution in [0.5, 0.6) is 0 Å². The smallest absolute Gasteiger partial charge is 0.330 e. The van der Waals surface area contributed by atoms with E-state index in [9.17, 15) is 19.8 Å². The monoisotopic (exact) mass is 258 g/mol. The van der Waals surface area contributed by atoms with E-state index in [1.165, 1.54) is 13.3 Å². The van der Waals surface area contributed by atoms with Crippen molar-refractivity contribution in [1.29, 1.82) is 0 Å². The number of aliphatic hydroxyl groups excluding tert-OH is 2. The highest BCUT2D eigenvalue weighted by Crippen LogP contribution is 2.28. The Morgan fingerprint density at radius 1 is 1.44 bits per heavy atom. The average Bonchev–Trinajstić information content (AvgIpc) is 2.58. The number of nitrogens with one attached hydrogen (secondary N) is 1. The summed E-state index contributed by atoms with van der Waals surface area (Å²) in [6, 6.07) is 1.13. The number of aromatic amines is 1. The van der Waals surface area contributed by atoms with Crippen molar-refractivity contribution in [2.75, 3.05) is 13.7 Å². The summed E-state index contributed by atoms with van der Waals surface area (Å²) in [5.74, 6) is 0. The highest BCUT2D eigenvalue weighted by atomic mass is 16.6. The molecule has 0 aromatic carbocycles. The van der Waals surface area contributed by atoms with E-state index in [2.05, 4.69) is 0 Å². The molecule has 2 rings (SSSR count). The summed E-state index contributed by atoms with van der Waals surface area (Å²) >= 11 is 0. The first-order chi connectivity index (χ1) is 8.54. The summed E-state index contributed by atoms with van der Waals surface area (Å²) in [6.07, 6.45) is -3.00. The minimum absolute atomic E-state index is 0.0901.